The van der Waals surface area contributed by atoms with Crippen molar-refractivity contribution >= 4 is 17.8 Å². The van der Waals surface area contributed by atoms with E-state index in [0.717, 1.165) is 25.8 Å². The third-order valence-electron chi connectivity index (χ3n) is 4.25. The van der Waals surface area contributed by atoms with Crippen LogP contribution in [0.15, 0.2) is 30.3 Å². The second-order valence-corrected chi connectivity index (χ2v) is 5.79. The maximum absolute atomic E-state index is 12.4. The number of urea groups is 1. The van der Waals surface area contributed by atoms with Crippen LogP contribution in [0.4, 0.5) is 4.79 Å². The van der Waals surface area contributed by atoms with E-state index in [-0.39, 0.29) is 18.4 Å². The van der Waals surface area contributed by atoms with E-state index in [1.165, 1.54) is 5.56 Å². The molecule has 116 valence electrons. The molecule has 1 aromatic rings. The van der Waals surface area contributed by atoms with Crippen LogP contribution in [0.25, 0.3) is 0 Å². The predicted octanol–water partition coefficient (Wildman–Crippen LogP) is 0.818. The third kappa shape index (κ3) is 3.10. The van der Waals surface area contributed by atoms with Gasteiger partial charge in [-0.25, -0.2) is 4.79 Å². The fraction of sp³-hybridized carbons (Fsp3) is 0.438. The van der Waals surface area contributed by atoms with E-state index in [1.54, 1.807) is 0 Å². The number of benzene rings is 1. The van der Waals surface area contributed by atoms with E-state index in [9.17, 15) is 14.4 Å². The number of rotatable bonds is 4. The highest BCUT2D eigenvalue weighted by molar-refractivity contribution is 6.05. The Hall–Kier alpha value is -2.37. The summed E-state index contributed by atoms with van der Waals surface area (Å²) in [6.07, 6.45) is 2.81. The molecular weight excluding hydrogens is 282 g/mol. The summed E-state index contributed by atoms with van der Waals surface area (Å²) in [6.45, 7) is 0.721. The maximum Gasteiger partial charge on any atom is 0.322 e. The summed E-state index contributed by atoms with van der Waals surface area (Å²) in [5.41, 5.74) is 1.21. The molecule has 0 aromatic heterocycles. The highest BCUT2D eigenvalue weighted by atomic mass is 16.2. The van der Waals surface area contributed by atoms with Crippen molar-refractivity contribution in [3.63, 3.8) is 0 Å². The number of carbonyl (C=O) groups is 3. The van der Waals surface area contributed by atoms with Gasteiger partial charge in [0.15, 0.2) is 0 Å². The lowest BCUT2D eigenvalue weighted by atomic mass is 10.0. The largest absolute Gasteiger partial charge is 0.339 e. The summed E-state index contributed by atoms with van der Waals surface area (Å²) >= 11 is 0. The molecule has 0 aliphatic carbocycles. The van der Waals surface area contributed by atoms with Crippen molar-refractivity contribution in [1.29, 1.82) is 0 Å². The molecule has 2 N–H and O–H groups in total. The minimum atomic E-state index is -0.738. The van der Waals surface area contributed by atoms with Crippen molar-refractivity contribution < 1.29 is 14.4 Å². The normalized spacial score (nSPS) is 24.3. The fourth-order valence-electron chi connectivity index (χ4n) is 3.16. The number of nitrogens with zero attached hydrogens (tertiary/aromatic N) is 1. The zero-order valence-corrected chi connectivity index (χ0v) is 12.2. The minimum Gasteiger partial charge on any atom is -0.339 e. The molecule has 0 radical (unpaired) electrons. The van der Waals surface area contributed by atoms with Crippen molar-refractivity contribution in [3.05, 3.63) is 35.9 Å². The summed E-state index contributed by atoms with van der Waals surface area (Å²) in [5.74, 6) is -0.488. The zero-order valence-electron chi connectivity index (χ0n) is 12.2. The Bertz CT molecular complexity index is 588. The Balaban J connectivity index is 1.61. The smallest absolute Gasteiger partial charge is 0.322 e. The molecule has 4 amide bonds. The van der Waals surface area contributed by atoms with E-state index in [0.29, 0.717) is 0 Å². The average Bonchev–Trinajstić information content (AvgIpc) is 3.07. The van der Waals surface area contributed by atoms with Gasteiger partial charge in [0, 0.05) is 12.6 Å². The number of amides is 4. The highest BCUT2D eigenvalue weighted by Crippen LogP contribution is 2.22. The molecule has 0 spiro atoms. The van der Waals surface area contributed by atoms with E-state index < -0.39 is 18.0 Å². The molecule has 0 unspecified atom stereocenters. The van der Waals surface area contributed by atoms with Gasteiger partial charge in [0.25, 0.3) is 5.91 Å². The van der Waals surface area contributed by atoms with Crippen molar-refractivity contribution in [2.75, 3.05) is 6.54 Å². The van der Waals surface area contributed by atoms with Gasteiger partial charge in [-0.2, -0.15) is 0 Å². The van der Waals surface area contributed by atoms with Gasteiger partial charge < -0.3 is 10.2 Å². The van der Waals surface area contributed by atoms with Crippen LogP contribution in [0.5, 0.6) is 0 Å². The summed E-state index contributed by atoms with van der Waals surface area (Å²) in [7, 11) is 0. The molecule has 22 heavy (non-hydrogen) atoms. The Labute approximate surface area is 128 Å². The summed E-state index contributed by atoms with van der Waals surface area (Å²) in [6, 6.07) is 9.00. The predicted molar refractivity (Wildman–Crippen MR) is 80.0 cm³/mol. The molecule has 0 saturated carbocycles. The Morgan fingerprint density at radius 3 is 2.68 bits per heavy atom. The molecule has 2 fully saturated rings. The van der Waals surface area contributed by atoms with Crippen molar-refractivity contribution in [1.82, 2.24) is 15.5 Å². The molecule has 2 saturated heterocycles. The van der Waals surface area contributed by atoms with Gasteiger partial charge in [-0.1, -0.05) is 30.3 Å². The monoisotopic (exact) mass is 301 g/mol. The van der Waals surface area contributed by atoms with Gasteiger partial charge in [-0.05, 0) is 24.8 Å². The molecule has 6 heteroatoms. The molecule has 3 rings (SSSR count). The minimum absolute atomic E-state index is 0.0306. The van der Waals surface area contributed by atoms with Gasteiger partial charge in [0.05, 0.1) is 6.42 Å². The van der Waals surface area contributed by atoms with E-state index in [4.69, 9.17) is 0 Å². The van der Waals surface area contributed by atoms with Crippen LogP contribution < -0.4 is 10.6 Å². The number of carbonyl (C=O) groups excluding carboxylic acids is 3. The van der Waals surface area contributed by atoms with Crippen LogP contribution in [0, 0.1) is 0 Å². The lowest BCUT2D eigenvalue weighted by Crippen LogP contribution is -2.41. The first-order valence-corrected chi connectivity index (χ1v) is 7.58. The number of imide groups is 1. The first-order chi connectivity index (χ1) is 10.6. The van der Waals surface area contributed by atoms with Crippen molar-refractivity contribution in [3.8, 4) is 0 Å². The lowest BCUT2D eigenvalue weighted by Gasteiger charge is -2.25. The topological polar surface area (TPSA) is 78.5 Å². The van der Waals surface area contributed by atoms with E-state index in [2.05, 4.69) is 22.8 Å². The van der Waals surface area contributed by atoms with Crippen LogP contribution in [-0.4, -0.2) is 41.4 Å². The molecular formula is C16H19N3O3. The number of hydrogen-bond donors (Lipinski definition) is 2. The first kappa shape index (κ1) is 14.6. The molecule has 0 bridgehead atoms. The standard InChI is InChI=1S/C16H19N3O3/c20-14(10-13-15(21)18-16(22)17-13)19-8-4-7-12(19)9-11-5-2-1-3-6-11/h1-3,5-6,12-13H,4,7-10H2,(H2,17,18,21,22)/t12-,13-/m0/s1. The van der Waals surface area contributed by atoms with Crippen LogP contribution in [-0.2, 0) is 16.0 Å². The molecule has 2 aliphatic rings. The van der Waals surface area contributed by atoms with Crippen LogP contribution in [0.1, 0.15) is 24.8 Å². The Morgan fingerprint density at radius 2 is 2.00 bits per heavy atom. The van der Waals surface area contributed by atoms with E-state index in [1.807, 2.05) is 23.1 Å². The summed E-state index contributed by atoms with van der Waals surface area (Å²) in [5, 5.41) is 4.63. The molecule has 2 aliphatic heterocycles. The molecule has 1 aromatic carbocycles. The number of likely N-dealkylation sites (tertiary alicyclic amines) is 1. The molecule has 6 nitrogen and oxygen atoms in total. The number of hydrogen-bond acceptors (Lipinski definition) is 3. The van der Waals surface area contributed by atoms with Gasteiger partial charge >= 0.3 is 6.03 Å². The third-order valence-corrected chi connectivity index (χ3v) is 4.25. The first-order valence-electron chi connectivity index (χ1n) is 7.58. The fourth-order valence-corrected chi connectivity index (χ4v) is 3.16. The van der Waals surface area contributed by atoms with Gasteiger partial charge in [-0.15, -0.1) is 0 Å². The molecule has 2 heterocycles. The summed E-state index contributed by atoms with van der Waals surface area (Å²) < 4.78 is 0. The summed E-state index contributed by atoms with van der Waals surface area (Å²) in [4.78, 5) is 36.9. The highest BCUT2D eigenvalue weighted by Gasteiger charge is 2.35. The Kier molecular flexibility index (Phi) is 4.09. The van der Waals surface area contributed by atoms with Crippen molar-refractivity contribution in [2.45, 2.75) is 37.8 Å². The van der Waals surface area contributed by atoms with Crippen LogP contribution >= 0.6 is 0 Å². The quantitative estimate of drug-likeness (QED) is 0.808. The Morgan fingerprint density at radius 1 is 1.23 bits per heavy atom. The maximum atomic E-state index is 12.4. The second kappa shape index (κ2) is 6.17. The van der Waals surface area contributed by atoms with Gasteiger partial charge in [0.2, 0.25) is 5.91 Å². The zero-order chi connectivity index (χ0) is 15.5. The SMILES string of the molecule is O=C1NC(=O)[C@H](CC(=O)N2CCC[C@H]2Cc2ccccc2)N1. The average molecular weight is 301 g/mol. The van der Waals surface area contributed by atoms with Gasteiger partial charge in [0.1, 0.15) is 6.04 Å². The van der Waals surface area contributed by atoms with Crippen molar-refractivity contribution in [2.24, 2.45) is 0 Å². The van der Waals surface area contributed by atoms with E-state index >= 15 is 0 Å². The molecule has 2 atom stereocenters. The second-order valence-electron chi connectivity index (χ2n) is 5.79. The van der Waals surface area contributed by atoms with Crippen LogP contribution in [0.3, 0.4) is 0 Å². The lowest BCUT2D eigenvalue weighted by molar-refractivity contribution is -0.134. The van der Waals surface area contributed by atoms with Gasteiger partial charge in [-0.3, -0.25) is 14.9 Å². The van der Waals surface area contributed by atoms with Crippen LogP contribution in [0.2, 0.25) is 0 Å². The number of nitrogens with one attached hydrogen (secondary N) is 2.